The summed E-state index contributed by atoms with van der Waals surface area (Å²) in [7, 11) is 0. The lowest BCUT2D eigenvalue weighted by Crippen LogP contribution is -2.26. The van der Waals surface area contributed by atoms with Gasteiger partial charge < -0.3 is 4.57 Å². The van der Waals surface area contributed by atoms with Gasteiger partial charge in [0.1, 0.15) is 11.3 Å². The van der Waals surface area contributed by atoms with E-state index in [9.17, 15) is 0 Å². The van der Waals surface area contributed by atoms with Crippen LogP contribution in [0, 0.1) is 0 Å². The predicted molar refractivity (Wildman–Crippen MR) is 89.6 cm³/mol. The number of aromatic nitrogens is 3. The molecule has 108 valence electrons. The van der Waals surface area contributed by atoms with Crippen molar-refractivity contribution in [3.63, 3.8) is 0 Å². The van der Waals surface area contributed by atoms with Crippen LogP contribution in [0.15, 0.2) is 16.7 Å². The number of thioether (sulfide) groups is 1. The largest absolute Gasteiger partial charge is 0.307 e. The summed E-state index contributed by atoms with van der Waals surface area (Å²) in [6, 6.07) is 2.48. The molecule has 2 heterocycles. The monoisotopic (exact) mass is 373 g/mol. The van der Waals surface area contributed by atoms with E-state index >= 15 is 0 Å². The number of alkyl halides is 1. The summed E-state index contributed by atoms with van der Waals surface area (Å²) >= 11 is 11.5. The molecule has 1 aliphatic carbocycles. The van der Waals surface area contributed by atoms with Crippen LogP contribution < -0.4 is 0 Å². The van der Waals surface area contributed by atoms with Crippen molar-refractivity contribution in [2.75, 3.05) is 6.26 Å². The average molecular weight is 375 g/mol. The minimum absolute atomic E-state index is 0.436. The third kappa shape index (κ3) is 2.60. The smallest absolute Gasteiger partial charge is 0.160 e. The molecule has 3 rings (SSSR count). The number of halogens is 2. The zero-order chi connectivity index (χ0) is 14.1. The highest BCUT2D eigenvalue weighted by Gasteiger charge is 2.29. The molecule has 0 N–H and O–H groups in total. The van der Waals surface area contributed by atoms with E-state index in [1.165, 1.54) is 25.7 Å². The lowest BCUT2D eigenvalue weighted by Gasteiger charge is -2.32. The minimum atomic E-state index is 0.436. The highest BCUT2D eigenvalue weighted by atomic mass is 79.9. The van der Waals surface area contributed by atoms with Gasteiger partial charge in [0.25, 0.3) is 0 Å². The molecular weight excluding hydrogens is 358 g/mol. The molecule has 1 saturated carbocycles. The Balaban J connectivity index is 2.13. The van der Waals surface area contributed by atoms with Gasteiger partial charge >= 0.3 is 0 Å². The molecule has 0 spiro atoms. The molecule has 6 heteroatoms. The van der Waals surface area contributed by atoms with Crippen molar-refractivity contribution < 1.29 is 0 Å². The Bertz CT molecular complexity index is 616. The van der Waals surface area contributed by atoms with Gasteiger partial charge in [-0.3, -0.25) is 0 Å². The number of imidazole rings is 1. The van der Waals surface area contributed by atoms with Crippen molar-refractivity contribution in [3.05, 3.63) is 22.6 Å². The maximum atomic E-state index is 6.12. The molecule has 0 amide bonds. The van der Waals surface area contributed by atoms with E-state index in [-0.39, 0.29) is 0 Å². The van der Waals surface area contributed by atoms with Gasteiger partial charge in [-0.25, -0.2) is 9.97 Å². The van der Waals surface area contributed by atoms with Crippen LogP contribution in [0.2, 0.25) is 0 Å². The minimum Gasteiger partial charge on any atom is -0.307 e. The molecule has 0 bridgehead atoms. The van der Waals surface area contributed by atoms with Crippen molar-refractivity contribution in [2.45, 2.75) is 42.9 Å². The summed E-state index contributed by atoms with van der Waals surface area (Å²) in [5, 5.41) is 0.633. The van der Waals surface area contributed by atoms with E-state index in [1.807, 2.05) is 24.0 Å². The molecule has 20 heavy (non-hydrogen) atoms. The van der Waals surface area contributed by atoms with E-state index in [4.69, 9.17) is 11.6 Å². The average Bonchev–Trinajstić information content (AvgIpc) is 2.84. The number of nitrogens with zero attached hydrogens (tertiary/aromatic N) is 3. The van der Waals surface area contributed by atoms with E-state index in [0.717, 1.165) is 21.5 Å². The number of fused-ring (bicyclic) bond motifs is 1. The summed E-state index contributed by atoms with van der Waals surface area (Å²) in [6.07, 6.45) is 9.10. The first-order valence-corrected chi connectivity index (χ1v) is 9.47. The van der Waals surface area contributed by atoms with Crippen molar-refractivity contribution in [1.82, 2.24) is 14.5 Å². The highest BCUT2D eigenvalue weighted by molar-refractivity contribution is 9.10. The van der Waals surface area contributed by atoms with Gasteiger partial charge in [0, 0.05) is 22.0 Å². The molecule has 2 aromatic heterocycles. The fourth-order valence-electron chi connectivity index (χ4n) is 3.09. The molecule has 0 aromatic carbocycles. The number of hydrogen-bond donors (Lipinski definition) is 0. The van der Waals surface area contributed by atoms with Gasteiger partial charge in [-0.05, 0) is 41.1 Å². The van der Waals surface area contributed by atoms with Gasteiger partial charge in [0.15, 0.2) is 5.65 Å². The molecule has 2 aromatic rings. The fourth-order valence-corrected chi connectivity index (χ4v) is 4.58. The van der Waals surface area contributed by atoms with Crippen LogP contribution >= 0.6 is 39.3 Å². The van der Waals surface area contributed by atoms with E-state index in [1.54, 1.807) is 0 Å². The lowest BCUT2D eigenvalue weighted by molar-refractivity contribution is 0.364. The fraction of sp³-hybridized carbons (Fsp3) is 0.571. The number of rotatable bonds is 3. The lowest BCUT2D eigenvalue weighted by atomic mass is 9.94. The first-order valence-electron chi connectivity index (χ1n) is 6.85. The summed E-state index contributed by atoms with van der Waals surface area (Å²) in [5.41, 5.74) is 1.90. The van der Waals surface area contributed by atoms with Gasteiger partial charge in [0.2, 0.25) is 0 Å². The van der Waals surface area contributed by atoms with Crippen LogP contribution in [0.4, 0.5) is 0 Å². The van der Waals surface area contributed by atoms with Crippen LogP contribution in [0.25, 0.3) is 11.2 Å². The second kappa shape index (κ2) is 6.24. The third-order valence-electron chi connectivity index (χ3n) is 3.99. The van der Waals surface area contributed by atoms with E-state index in [2.05, 4.69) is 36.7 Å². The van der Waals surface area contributed by atoms with Crippen LogP contribution in [0.3, 0.4) is 0 Å². The van der Waals surface area contributed by atoms with Gasteiger partial charge in [-0.2, -0.15) is 11.8 Å². The summed E-state index contributed by atoms with van der Waals surface area (Å²) < 4.78 is 3.25. The molecule has 1 fully saturated rings. The molecule has 2 unspecified atom stereocenters. The molecule has 1 aliphatic rings. The topological polar surface area (TPSA) is 30.7 Å². The number of pyridine rings is 1. The summed E-state index contributed by atoms with van der Waals surface area (Å²) in [4.78, 5) is 9.24. The molecule has 0 aliphatic heterocycles. The Kier molecular flexibility index (Phi) is 4.58. The Morgan fingerprint density at radius 1 is 1.45 bits per heavy atom. The van der Waals surface area contributed by atoms with Crippen LogP contribution in [0.5, 0.6) is 0 Å². The van der Waals surface area contributed by atoms with Crippen molar-refractivity contribution in [1.29, 1.82) is 0 Å². The first kappa shape index (κ1) is 14.7. The van der Waals surface area contributed by atoms with Crippen molar-refractivity contribution in [3.8, 4) is 0 Å². The molecular formula is C14H17BrClN3S. The second-order valence-corrected chi connectivity index (χ2v) is 7.41. The Hall–Kier alpha value is -0.260. The van der Waals surface area contributed by atoms with Gasteiger partial charge in [-0.1, -0.05) is 12.8 Å². The normalized spacial score (nSPS) is 23.4. The second-order valence-electron chi connectivity index (χ2n) is 5.15. The maximum absolute atomic E-state index is 6.12. The zero-order valence-corrected chi connectivity index (χ0v) is 14.5. The first-order chi connectivity index (χ1) is 9.74. The zero-order valence-electron chi connectivity index (χ0n) is 11.4. The Morgan fingerprint density at radius 2 is 2.25 bits per heavy atom. The van der Waals surface area contributed by atoms with E-state index < -0.39 is 0 Å². The van der Waals surface area contributed by atoms with Crippen LogP contribution in [-0.4, -0.2) is 26.0 Å². The van der Waals surface area contributed by atoms with Crippen LogP contribution in [-0.2, 0) is 5.88 Å². The molecule has 0 saturated heterocycles. The highest BCUT2D eigenvalue weighted by Crippen LogP contribution is 2.38. The predicted octanol–water partition coefficient (Wildman–Crippen LogP) is 4.78. The maximum Gasteiger partial charge on any atom is 0.160 e. The van der Waals surface area contributed by atoms with E-state index in [0.29, 0.717) is 17.2 Å². The molecule has 2 atom stereocenters. The van der Waals surface area contributed by atoms with Gasteiger partial charge in [0.05, 0.1) is 5.88 Å². The standard InChI is InChI=1S/C14H17BrClN3S/c1-20-12-5-3-2-4-11(12)19-13(7-16)18-10-6-9(15)8-17-14(10)19/h6,8,11-12H,2-5,7H2,1H3. The summed E-state index contributed by atoms with van der Waals surface area (Å²) in [6.45, 7) is 0. The van der Waals surface area contributed by atoms with Crippen molar-refractivity contribution >= 4 is 50.5 Å². The van der Waals surface area contributed by atoms with Crippen molar-refractivity contribution in [2.24, 2.45) is 0 Å². The Morgan fingerprint density at radius 3 is 3.00 bits per heavy atom. The summed E-state index contributed by atoms with van der Waals surface area (Å²) in [5.74, 6) is 1.38. The van der Waals surface area contributed by atoms with Gasteiger partial charge in [-0.15, -0.1) is 11.6 Å². The number of hydrogen-bond acceptors (Lipinski definition) is 3. The quantitative estimate of drug-likeness (QED) is 0.724. The Labute approximate surface area is 136 Å². The SMILES string of the molecule is CSC1CCCCC1n1c(CCl)nc2cc(Br)cnc21. The molecule has 0 radical (unpaired) electrons. The van der Waals surface area contributed by atoms with Crippen LogP contribution in [0.1, 0.15) is 37.5 Å². The third-order valence-corrected chi connectivity index (χ3v) is 5.82. The molecule has 3 nitrogen and oxygen atoms in total.